The maximum Gasteiger partial charge on any atom is 0.216 e. The quantitative estimate of drug-likeness (QED) is 0.655. The van der Waals surface area contributed by atoms with Crippen LogP contribution in [0.5, 0.6) is 0 Å². The molecular formula is C26H18N8. The maximum atomic E-state index is 4.71. The van der Waals surface area contributed by atoms with Crippen LogP contribution in [0.15, 0.2) is 107 Å². The second-order valence-electron chi connectivity index (χ2n) is 8.11. The van der Waals surface area contributed by atoms with Gasteiger partial charge in [-0.25, -0.2) is 9.98 Å². The summed E-state index contributed by atoms with van der Waals surface area (Å²) in [5.41, 5.74) is 3.34. The van der Waals surface area contributed by atoms with Crippen LogP contribution in [-0.2, 0) is 0 Å². The SMILES string of the molecule is [C]1N2C=CN1C=c1ccc([nH]1)=c1ccc([nH]1)=CN1[C]N(C=C1)C=C1C=CC(=N1)C1=NC(=C2)C=C1. The van der Waals surface area contributed by atoms with Crippen LogP contribution in [0, 0.1) is 24.0 Å². The molecule has 0 saturated carbocycles. The van der Waals surface area contributed by atoms with E-state index in [9.17, 15) is 0 Å². The van der Waals surface area contributed by atoms with Crippen molar-refractivity contribution in [2.45, 2.75) is 0 Å². The molecule has 0 fully saturated rings. The number of allylic oxidation sites excluding steroid dienone is 4. The monoisotopic (exact) mass is 442 g/mol. The molecule has 2 aromatic heterocycles. The summed E-state index contributed by atoms with van der Waals surface area (Å²) < 4.78 is 0. The molecule has 8 nitrogen and oxygen atoms in total. The molecule has 34 heavy (non-hydrogen) atoms. The summed E-state index contributed by atoms with van der Waals surface area (Å²) >= 11 is 0. The van der Waals surface area contributed by atoms with E-state index in [4.69, 9.17) is 9.98 Å². The smallest absolute Gasteiger partial charge is 0.216 e. The molecule has 7 heterocycles. The van der Waals surface area contributed by atoms with Crippen LogP contribution in [0.3, 0.4) is 0 Å². The lowest BCUT2D eigenvalue weighted by molar-refractivity contribution is 0.513. The Morgan fingerprint density at radius 3 is 1.44 bits per heavy atom. The van der Waals surface area contributed by atoms with Crippen LogP contribution in [0.4, 0.5) is 0 Å². The van der Waals surface area contributed by atoms with Gasteiger partial charge in [-0.3, -0.25) is 0 Å². The summed E-state index contributed by atoms with van der Waals surface area (Å²) in [5, 5.41) is 3.95. The van der Waals surface area contributed by atoms with E-state index < -0.39 is 0 Å². The first-order chi connectivity index (χ1) is 16.7. The Labute approximate surface area is 195 Å². The van der Waals surface area contributed by atoms with Crippen molar-refractivity contribution < 1.29 is 0 Å². The molecule has 0 saturated heterocycles. The fourth-order valence-corrected chi connectivity index (χ4v) is 4.03. The van der Waals surface area contributed by atoms with Crippen LogP contribution in [0.2, 0.25) is 0 Å². The molecular weight excluding hydrogens is 424 g/mol. The van der Waals surface area contributed by atoms with E-state index >= 15 is 0 Å². The van der Waals surface area contributed by atoms with Gasteiger partial charge in [-0.05, 0) is 48.6 Å². The lowest BCUT2D eigenvalue weighted by atomic mass is 10.2. The van der Waals surface area contributed by atoms with Crippen molar-refractivity contribution in [2.75, 3.05) is 0 Å². The molecule has 4 radical (unpaired) electrons. The first kappa shape index (κ1) is 18.8. The third-order valence-electron chi connectivity index (χ3n) is 5.63. The third kappa shape index (κ3) is 3.51. The molecule has 5 aliphatic rings. The van der Waals surface area contributed by atoms with Crippen molar-refractivity contribution in [1.82, 2.24) is 29.6 Å². The Balaban J connectivity index is 1.30. The van der Waals surface area contributed by atoms with E-state index in [-0.39, 0.29) is 0 Å². The van der Waals surface area contributed by atoms with E-state index in [0.29, 0.717) is 0 Å². The summed E-state index contributed by atoms with van der Waals surface area (Å²) in [6.45, 7) is 6.54. The minimum absolute atomic E-state index is 0.834. The number of nitrogens with one attached hydrogen (secondary N) is 2. The summed E-state index contributed by atoms with van der Waals surface area (Å²) in [6, 6.07) is 8.20. The topological polar surface area (TPSA) is 69.3 Å². The van der Waals surface area contributed by atoms with E-state index in [0.717, 1.165) is 44.2 Å². The van der Waals surface area contributed by atoms with Gasteiger partial charge in [0.05, 0.1) is 44.2 Å². The Hall–Kier alpha value is -4.72. The highest BCUT2D eigenvalue weighted by atomic mass is 15.3. The van der Waals surface area contributed by atoms with Gasteiger partial charge in [-0.15, -0.1) is 0 Å². The minimum atomic E-state index is 0.834. The Bertz CT molecular complexity index is 1510. The van der Waals surface area contributed by atoms with E-state index in [1.54, 1.807) is 0 Å². The highest BCUT2D eigenvalue weighted by Crippen LogP contribution is 2.21. The second-order valence-corrected chi connectivity index (χ2v) is 8.11. The van der Waals surface area contributed by atoms with Gasteiger partial charge in [-0.1, -0.05) is 0 Å². The van der Waals surface area contributed by atoms with Crippen molar-refractivity contribution in [3.8, 4) is 0 Å². The number of aromatic amines is 2. The van der Waals surface area contributed by atoms with Crippen molar-refractivity contribution >= 4 is 23.8 Å². The summed E-state index contributed by atoms with van der Waals surface area (Å²) in [5.74, 6) is 0. The lowest BCUT2D eigenvalue weighted by Crippen LogP contribution is -2.15. The van der Waals surface area contributed by atoms with Gasteiger partial charge in [0, 0.05) is 49.6 Å². The molecule has 0 spiro atoms. The van der Waals surface area contributed by atoms with Crippen molar-refractivity contribution in [3.63, 3.8) is 0 Å². The Morgan fingerprint density at radius 2 is 0.971 bits per heavy atom. The van der Waals surface area contributed by atoms with Crippen molar-refractivity contribution in [1.29, 1.82) is 0 Å². The molecule has 162 valence electrons. The summed E-state index contributed by atoms with van der Waals surface area (Å²) in [4.78, 5) is 23.8. The maximum absolute atomic E-state index is 4.71. The number of aromatic nitrogens is 2. The molecule has 2 N–H and O–H groups in total. The standard InChI is InChI=1S/C26H18N8/c1-5-23-24-6-2-20(28-24)14-33-11-12-34(18-33)16-22-4-8-26(30-22)25-7-3-21(29-25)15-32-10-9-31(17-32)13-19(1)27-23/h1-16,27-28H. The van der Waals surface area contributed by atoms with Crippen LogP contribution >= 0.6 is 0 Å². The average molecular weight is 442 g/mol. The number of aliphatic imine (C=N–C) groups is 2. The van der Waals surface area contributed by atoms with Gasteiger partial charge < -0.3 is 29.6 Å². The third-order valence-corrected chi connectivity index (χ3v) is 5.63. The minimum Gasteiger partial charge on any atom is -0.353 e. The largest absolute Gasteiger partial charge is 0.353 e. The first-order valence-corrected chi connectivity index (χ1v) is 10.8. The lowest BCUT2D eigenvalue weighted by Gasteiger charge is -2.11. The molecule has 2 aromatic rings. The number of nitrogens with zero attached hydrogens (tertiary/aromatic N) is 6. The summed E-state index contributed by atoms with van der Waals surface area (Å²) in [6.07, 6.45) is 23.5. The number of H-pyrrole nitrogens is 2. The van der Waals surface area contributed by atoms with Crippen LogP contribution in [-0.4, -0.2) is 41.0 Å². The second kappa shape index (κ2) is 7.41. The zero-order chi connectivity index (χ0) is 22.5. The summed E-state index contributed by atoms with van der Waals surface area (Å²) in [7, 11) is 0. The van der Waals surface area contributed by atoms with Gasteiger partial charge in [-0.2, -0.15) is 0 Å². The highest BCUT2D eigenvalue weighted by Gasteiger charge is 2.17. The molecule has 0 atom stereocenters. The van der Waals surface area contributed by atoms with Crippen LogP contribution < -0.4 is 10.7 Å². The molecule has 7 rings (SSSR count). The molecule has 0 aromatic carbocycles. The fourth-order valence-electron chi connectivity index (χ4n) is 4.03. The predicted octanol–water partition coefficient (Wildman–Crippen LogP) is 1.99. The van der Waals surface area contributed by atoms with Gasteiger partial charge in [0.1, 0.15) is 0 Å². The van der Waals surface area contributed by atoms with Gasteiger partial charge in [0.15, 0.2) is 0 Å². The van der Waals surface area contributed by atoms with Crippen molar-refractivity contribution in [2.24, 2.45) is 9.98 Å². The first-order valence-electron chi connectivity index (χ1n) is 10.8. The Morgan fingerprint density at radius 1 is 0.529 bits per heavy atom. The fraction of sp³-hybridized carbons (Fsp3) is 0. The molecule has 0 amide bonds. The molecule has 0 aliphatic carbocycles. The van der Waals surface area contributed by atoms with Gasteiger partial charge >= 0.3 is 0 Å². The number of rotatable bonds is 0. The molecule has 8 heteroatoms. The van der Waals surface area contributed by atoms with Crippen LogP contribution in [0.25, 0.3) is 12.4 Å². The van der Waals surface area contributed by atoms with Crippen LogP contribution in [0.1, 0.15) is 0 Å². The molecule has 0 unspecified atom stereocenters. The van der Waals surface area contributed by atoms with E-state index in [1.165, 1.54) is 0 Å². The average Bonchev–Trinajstić information content (AvgIpc) is 3.64. The van der Waals surface area contributed by atoms with E-state index in [1.807, 2.05) is 106 Å². The number of hydrogen-bond acceptors (Lipinski definition) is 6. The highest BCUT2D eigenvalue weighted by molar-refractivity contribution is 6.51. The van der Waals surface area contributed by atoms with Crippen molar-refractivity contribution in [3.05, 3.63) is 132 Å². The zero-order valence-corrected chi connectivity index (χ0v) is 17.9. The van der Waals surface area contributed by atoms with Gasteiger partial charge in [0.2, 0.25) is 13.3 Å². The molecule has 5 aliphatic heterocycles. The Kier molecular flexibility index (Phi) is 4.10. The zero-order valence-electron chi connectivity index (χ0n) is 17.9. The molecule has 12 bridgehead atoms. The normalized spacial score (nSPS) is 20.0. The van der Waals surface area contributed by atoms with Gasteiger partial charge in [0.25, 0.3) is 0 Å². The number of fused-ring (bicyclic) bond motifs is 11. The van der Waals surface area contributed by atoms with E-state index in [2.05, 4.69) is 35.4 Å². The predicted molar refractivity (Wildman–Crippen MR) is 129 cm³/mol. The number of hydrogen-bond donors (Lipinski definition) is 2.